The van der Waals surface area contributed by atoms with Crippen LogP contribution in [-0.2, 0) is 14.9 Å². The number of rotatable bonds is 6. The van der Waals surface area contributed by atoms with Crippen molar-refractivity contribution in [1.82, 2.24) is 5.32 Å². The fourth-order valence-electron chi connectivity index (χ4n) is 5.86. The number of hydrogen-bond donors (Lipinski definition) is 4. The molecule has 0 bridgehead atoms. The Balaban J connectivity index is 1.64. The molecule has 0 aromatic heterocycles. The number of nitriles is 1. The predicted molar refractivity (Wildman–Crippen MR) is 153 cm³/mol. The van der Waals surface area contributed by atoms with Crippen molar-refractivity contribution in [2.24, 2.45) is 5.41 Å². The van der Waals surface area contributed by atoms with Gasteiger partial charge in [0.25, 0.3) is 0 Å². The van der Waals surface area contributed by atoms with Crippen molar-refractivity contribution in [3.05, 3.63) is 93.2 Å². The van der Waals surface area contributed by atoms with Gasteiger partial charge in [-0.05, 0) is 65.4 Å². The van der Waals surface area contributed by atoms with Crippen LogP contribution in [0.2, 0.25) is 10.0 Å². The highest BCUT2D eigenvalue weighted by Gasteiger charge is 2.66. The molecule has 3 aromatic carbocycles. The number of amides is 2. The third kappa shape index (κ3) is 5.13. The van der Waals surface area contributed by atoms with Crippen molar-refractivity contribution in [2.45, 2.75) is 43.9 Å². The van der Waals surface area contributed by atoms with E-state index in [0.717, 1.165) is 0 Å². The molecule has 2 aliphatic rings. The smallest absolute Gasteiger partial charge is 0.413 e. The quantitative estimate of drug-likeness (QED) is 0.279. The van der Waals surface area contributed by atoms with Crippen molar-refractivity contribution in [2.75, 3.05) is 17.2 Å². The minimum absolute atomic E-state index is 0.0865. The lowest BCUT2D eigenvalue weighted by Gasteiger charge is -2.37. The van der Waals surface area contributed by atoms with E-state index >= 15 is 4.39 Å². The summed E-state index contributed by atoms with van der Waals surface area (Å²) in [6.07, 6.45) is -1.77. The third-order valence-corrected chi connectivity index (χ3v) is 8.28. The van der Waals surface area contributed by atoms with Gasteiger partial charge in [-0.1, -0.05) is 55.2 Å². The van der Waals surface area contributed by atoms with Crippen molar-refractivity contribution in [1.29, 1.82) is 5.26 Å². The molecule has 0 aliphatic carbocycles. The summed E-state index contributed by atoms with van der Waals surface area (Å²) >= 11 is 12.5. The fourth-order valence-corrected chi connectivity index (χ4v) is 6.22. The van der Waals surface area contributed by atoms with E-state index in [4.69, 9.17) is 33.2 Å². The highest BCUT2D eigenvalue weighted by atomic mass is 35.5. The molecule has 8 nitrogen and oxygen atoms in total. The van der Waals surface area contributed by atoms with Gasteiger partial charge in [-0.2, -0.15) is 5.26 Å². The van der Waals surface area contributed by atoms with Crippen molar-refractivity contribution in [3.63, 3.8) is 0 Å². The first-order valence-corrected chi connectivity index (χ1v) is 13.7. The lowest BCUT2D eigenvalue weighted by Crippen LogP contribution is -2.50. The molecule has 4 N–H and O–H groups in total. The van der Waals surface area contributed by atoms with Gasteiger partial charge in [-0.3, -0.25) is 15.4 Å². The number of benzene rings is 3. The number of carbonyl (C=O) groups is 2. The van der Waals surface area contributed by atoms with Gasteiger partial charge in [0, 0.05) is 29.0 Å². The Kier molecular flexibility index (Phi) is 7.70. The maximum atomic E-state index is 15.8. The molecule has 41 heavy (non-hydrogen) atoms. The molecule has 212 valence electrons. The van der Waals surface area contributed by atoms with Crippen LogP contribution in [0.5, 0.6) is 0 Å². The van der Waals surface area contributed by atoms with Gasteiger partial charge in [-0.25, -0.2) is 9.18 Å². The Labute approximate surface area is 246 Å². The molecule has 1 fully saturated rings. The van der Waals surface area contributed by atoms with Crippen LogP contribution in [0.25, 0.3) is 0 Å². The predicted octanol–water partition coefficient (Wildman–Crippen LogP) is 5.93. The Morgan fingerprint density at radius 1 is 1.20 bits per heavy atom. The first-order valence-electron chi connectivity index (χ1n) is 12.9. The number of ether oxygens (including phenoxy) is 1. The van der Waals surface area contributed by atoms with Gasteiger partial charge in [0.15, 0.2) is 6.23 Å². The van der Waals surface area contributed by atoms with Crippen molar-refractivity contribution < 1.29 is 23.8 Å². The van der Waals surface area contributed by atoms with E-state index < -0.39 is 46.8 Å². The lowest BCUT2D eigenvalue weighted by atomic mass is 9.63. The van der Waals surface area contributed by atoms with Crippen LogP contribution >= 0.6 is 23.2 Å². The van der Waals surface area contributed by atoms with Crippen LogP contribution in [0.3, 0.4) is 0 Å². The normalized spacial score (nSPS) is 23.1. The van der Waals surface area contributed by atoms with E-state index in [-0.39, 0.29) is 23.6 Å². The molecule has 0 saturated carbocycles. The number of nitrogens with one attached hydrogen (secondary N) is 3. The molecule has 0 unspecified atom stereocenters. The van der Waals surface area contributed by atoms with Crippen LogP contribution in [0.4, 0.5) is 20.6 Å². The number of carbonyl (C=O) groups excluding carboxylic acids is 2. The van der Waals surface area contributed by atoms with E-state index in [1.54, 1.807) is 48.5 Å². The average molecular weight is 597 g/mol. The first-order chi connectivity index (χ1) is 19.5. The maximum absolute atomic E-state index is 15.8. The number of nitrogens with zero attached hydrogens (tertiary/aromatic N) is 1. The Hall–Kier alpha value is -3.68. The summed E-state index contributed by atoms with van der Waals surface area (Å²) in [5.41, 5.74) is -0.214. The molecular formula is C30H27Cl2FN4O4. The summed E-state index contributed by atoms with van der Waals surface area (Å²) in [4.78, 5) is 27.3. The van der Waals surface area contributed by atoms with E-state index in [9.17, 15) is 14.7 Å². The van der Waals surface area contributed by atoms with E-state index in [1.807, 2.05) is 19.9 Å². The van der Waals surface area contributed by atoms with E-state index in [2.05, 4.69) is 16.0 Å². The van der Waals surface area contributed by atoms with Crippen LogP contribution in [0.15, 0.2) is 60.7 Å². The molecule has 0 radical (unpaired) electrons. The molecule has 2 aliphatic heterocycles. The second kappa shape index (κ2) is 11.0. The van der Waals surface area contributed by atoms with Crippen molar-refractivity contribution in [3.8, 4) is 6.07 Å². The molecular weight excluding hydrogens is 570 g/mol. The zero-order valence-corrected chi connectivity index (χ0v) is 23.7. The summed E-state index contributed by atoms with van der Waals surface area (Å²) < 4.78 is 21.7. The number of aliphatic hydroxyl groups is 1. The standard InChI is InChI=1S/C30H27Cl2FN4O4/c1-29(2,15-38)13-23-30(20-11-8-17(31)12-22(20)36-27(30)39)24(19-4-3-5-21(32)25(19)33)26(37-23)41-28(40)35-18-9-6-16(14-34)7-10-18/h3-12,23-24,26,37-38H,13,15H2,1-2H3,(H,35,40)(H,36,39)/t23-,24-,26+,30+/m0/s1. The SMILES string of the molecule is CC(C)(CO)C[C@@H]1N[C@H](OC(=O)Nc2ccc(C#N)cc2)[C@H](c2cccc(Cl)c2F)[C@]12C(=O)Nc1cc(Cl)ccc12. The molecule has 11 heteroatoms. The van der Waals surface area contributed by atoms with Crippen LogP contribution in [0.1, 0.15) is 42.9 Å². The molecule has 3 aromatic rings. The van der Waals surface area contributed by atoms with Crippen LogP contribution in [0, 0.1) is 22.6 Å². The zero-order valence-electron chi connectivity index (χ0n) is 22.2. The topological polar surface area (TPSA) is 123 Å². The van der Waals surface area contributed by atoms with E-state index in [1.165, 1.54) is 12.1 Å². The van der Waals surface area contributed by atoms with Crippen molar-refractivity contribution >= 4 is 46.6 Å². The summed E-state index contributed by atoms with van der Waals surface area (Å²) in [6, 6.07) is 17.0. The summed E-state index contributed by atoms with van der Waals surface area (Å²) in [7, 11) is 0. The number of aliphatic hydroxyl groups excluding tert-OH is 1. The minimum atomic E-state index is -1.46. The molecule has 1 spiro atoms. The summed E-state index contributed by atoms with van der Waals surface area (Å²) in [6.45, 7) is 3.51. The van der Waals surface area contributed by atoms with Gasteiger partial charge in [0.1, 0.15) is 11.2 Å². The van der Waals surface area contributed by atoms with Gasteiger partial charge in [-0.15, -0.1) is 0 Å². The minimum Gasteiger partial charge on any atom is -0.429 e. The Morgan fingerprint density at radius 2 is 1.93 bits per heavy atom. The van der Waals surface area contributed by atoms with Crippen LogP contribution < -0.4 is 16.0 Å². The maximum Gasteiger partial charge on any atom is 0.413 e. The second-order valence-electron chi connectivity index (χ2n) is 11.0. The number of halogens is 3. The Morgan fingerprint density at radius 3 is 2.61 bits per heavy atom. The monoisotopic (exact) mass is 596 g/mol. The Bertz CT molecular complexity index is 1560. The van der Waals surface area contributed by atoms with Gasteiger partial charge in [0.05, 0.1) is 22.6 Å². The van der Waals surface area contributed by atoms with Gasteiger partial charge < -0.3 is 15.2 Å². The average Bonchev–Trinajstić information content (AvgIpc) is 3.39. The largest absolute Gasteiger partial charge is 0.429 e. The summed E-state index contributed by atoms with van der Waals surface area (Å²) in [5.74, 6) is -2.22. The molecule has 1 saturated heterocycles. The molecule has 4 atom stereocenters. The first kappa shape index (κ1) is 28.8. The highest BCUT2D eigenvalue weighted by molar-refractivity contribution is 6.31. The number of fused-ring (bicyclic) bond motifs is 2. The molecule has 2 amide bonds. The van der Waals surface area contributed by atoms with Gasteiger partial charge in [0.2, 0.25) is 5.91 Å². The highest BCUT2D eigenvalue weighted by Crippen LogP contribution is 2.57. The van der Waals surface area contributed by atoms with E-state index in [0.29, 0.717) is 27.5 Å². The molecule has 5 rings (SSSR count). The third-order valence-electron chi connectivity index (χ3n) is 7.76. The number of anilines is 2. The molecule has 2 heterocycles. The zero-order chi connectivity index (χ0) is 29.5. The lowest BCUT2D eigenvalue weighted by molar-refractivity contribution is -0.122. The fraction of sp³-hybridized carbons (Fsp3) is 0.300. The van der Waals surface area contributed by atoms with Gasteiger partial charge >= 0.3 is 6.09 Å². The second-order valence-corrected chi connectivity index (χ2v) is 11.9. The number of hydrogen-bond acceptors (Lipinski definition) is 6. The summed E-state index contributed by atoms with van der Waals surface area (Å²) in [5, 5.41) is 28.2. The van der Waals surface area contributed by atoms with Crippen LogP contribution in [-0.4, -0.2) is 36.0 Å².